The van der Waals surface area contributed by atoms with E-state index in [4.69, 9.17) is 5.73 Å². The molecule has 90 valence electrons. The molecule has 0 heterocycles. The fourth-order valence-corrected chi connectivity index (χ4v) is 1.54. The van der Waals surface area contributed by atoms with Gasteiger partial charge in [-0.05, 0) is 17.8 Å². The summed E-state index contributed by atoms with van der Waals surface area (Å²) in [5.74, 6) is -0.843. The van der Waals surface area contributed by atoms with Crippen molar-refractivity contribution in [3.05, 3.63) is 0 Å². The molecule has 1 rings (SSSR count). The Kier molecular flexibility index (Phi) is 3.85. The molecule has 0 saturated heterocycles. The summed E-state index contributed by atoms with van der Waals surface area (Å²) >= 11 is 4.58. The van der Waals surface area contributed by atoms with Gasteiger partial charge in [0.15, 0.2) is 0 Å². The molecule has 16 heavy (non-hydrogen) atoms. The molecule has 0 aromatic carbocycles. The van der Waals surface area contributed by atoms with Crippen LogP contribution in [0.2, 0.25) is 0 Å². The highest BCUT2D eigenvalue weighted by molar-refractivity contribution is 7.80. The van der Waals surface area contributed by atoms with Crippen LogP contribution in [0.15, 0.2) is 0 Å². The summed E-state index contributed by atoms with van der Waals surface area (Å²) in [6.07, 6.45) is 1.09. The van der Waals surface area contributed by atoms with Gasteiger partial charge in [-0.3, -0.25) is 9.59 Å². The summed E-state index contributed by atoms with van der Waals surface area (Å²) in [4.78, 5) is 22.7. The Morgan fingerprint density at radius 3 is 2.31 bits per heavy atom. The zero-order valence-corrected chi connectivity index (χ0v) is 10.3. The number of thiocarbonyl (C=S) groups is 1. The fraction of sp³-hybridized carbons (Fsp3) is 0.700. The number of amides is 2. The lowest BCUT2D eigenvalue weighted by atomic mass is 10.1. The highest BCUT2D eigenvalue weighted by atomic mass is 32.1. The number of hydrogen-bond donors (Lipinski definition) is 3. The van der Waals surface area contributed by atoms with Gasteiger partial charge in [0.05, 0.1) is 11.5 Å². The smallest absolute Gasteiger partial charge is 0.309 e. The van der Waals surface area contributed by atoms with Crippen molar-refractivity contribution >= 4 is 29.0 Å². The molecule has 1 aliphatic rings. The van der Waals surface area contributed by atoms with E-state index in [9.17, 15) is 9.59 Å². The SMILES string of the molecule is CC1(C)CC1CNC(=O)C(=O)NCC(N)=S. The number of carbonyl (C=O) groups is 2. The van der Waals surface area contributed by atoms with Gasteiger partial charge in [-0.15, -0.1) is 0 Å². The van der Waals surface area contributed by atoms with E-state index < -0.39 is 11.8 Å². The molecule has 0 aromatic rings. The summed E-state index contributed by atoms with van der Waals surface area (Å²) in [6.45, 7) is 4.87. The minimum Gasteiger partial charge on any atom is -0.392 e. The lowest BCUT2D eigenvalue weighted by Gasteiger charge is -2.06. The zero-order chi connectivity index (χ0) is 12.3. The molecule has 6 heteroatoms. The number of hydrogen-bond acceptors (Lipinski definition) is 3. The number of rotatable bonds is 4. The topological polar surface area (TPSA) is 84.2 Å². The molecule has 1 atom stereocenters. The lowest BCUT2D eigenvalue weighted by molar-refractivity contribution is -0.139. The maximum atomic E-state index is 11.3. The van der Waals surface area contributed by atoms with E-state index in [1.54, 1.807) is 0 Å². The van der Waals surface area contributed by atoms with E-state index in [2.05, 4.69) is 36.7 Å². The summed E-state index contributed by atoms with van der Waals surface area (Å²) in [5, 5.41) is 4.92. The van der Waals surface area contributed by atoms with Gasteiger partial charge in [0.1, 0.15) is 0 Å². The first kappa shape index (κ1) is 12.9. The number of nitrogens with one attached hydrogen (secondary N) is 2. The Balaban J connectivity index is 2.20. The molecular formula is C10H17N3O2S. The summed E-state index contributed by atoms with van der Waals surface area (Å²) in [6, 6.07) is 0. The van der Waals surface area contributed by atoms with E-state index >= 15 is 0 Å². The second kappa shape index (κ2) is 4.78. The van der Waals surface area contributed by atoms with Crippen LogP contribution in [0.25, 0.3) is 0 Å². The molecule has 0 bridgehead atoms. The van der Waals surface area contributed by atoms with Gasteiger partial charge >= 0.3 is 11.8 Å². The van der Waals surface area contributed by atoms with Crippen molar-refractivity contribution in [1.82, 2.24) is 10.6 Å². The number of nitrogens with two attached hydrogens (primary N) is 1. The first-order valence-electron chi connectivity index (χ1n) is 5.17. The zero-order valence-electron chi connectivity index (χ0n) is 9.50. The van der Waals surface area contributed by atoms with E-state index in [1.165, 1.54) is 0 Å². The van der Waals surface area contributed by atoms with Crippen molar-refractivity contribution < 1.29 is 9.59 Å². The standard InChI is InChI=1S/C10H17N3O2S/c1-10(2)3-6(10)4-12-8(14)9(15)13-5-7(11)16/h6H,3-5H2,1-2H3,(H2,11,16)(H,12,14)(H,13,15). The van der Waals surface area contributed by atoms with Crippen molar-refractivity contribution in [3.8, 4) is 0 Å². The molecule has 1 fully saturated rings. The second-order valence-corrected chi connectivity index (χ2v) is 5.27. The average Bonchev–Trinajstić information content (AvgIpc) is 2.79. The van der Waals surface area contributed by atoms with Gasteiger partial charge in [-0.25, -0.2) is 0 Å². The molecule has 1 saturated carbocycles. The van der Waals surface area contributed by atoms with Gasteiger partial charge in [-0.2, -0.15) is 0 Å². The second-order valence-electron chi connectivity index (χ2n) is 4.75. The molecule has 0 aromatic heterocycles. The maximum Gasteiger partial charge on any atom is 0.309 e. The van der Waals surface area contributed by atoms with Crippen LogP contribution in [0, 0.1) is 11.3 Å². The van der Waals surface area contributed by atoms with Gasteiger partial charge in [0.2, 0.25) is 0 Å². The third kappa shape index (κ3) is 3.77. The predicted molar refractivity (Wildman–Crippen MR) is 64.7 cm³/mol. The van der Waals surface area contributed by atoms with Gasteiger partial charge in [-0.1, -0.05) is 26.1 Å². The van der Waals surface area contributed by atoms with Gasteiger partial charge in [0, 0.05) is 6.54 Å². The third-order valence-electron chi connectivity index (χ3n) is 2.86. The van der Waals surface area contributed by atoms with Crippen LogP contribution < -0.4 is 16.4 Å². The molecule has 1 unspecified atom stereocenters. The molecule has 2 amide bonds. The van der Waals surface area contributed by atoms with Crippen LogP contribution in [0.1, 0.15) is 20.3 Å². The lowest BCUT2D eigenvalue weighted by Crippen LogP contribution is -2.43. The molecule has 5 nitrogen and oxygen atoms in total. The monoisotopic (exact) mass is 243 g/mol. The largest absolute Gasteiger partial charge is 0.392 e. The first-order valence-corrected chi connectivity index (χ1v) is 5.58. The summed E-state index contributed by atoms with van der Waals surface area (Å²) < 4.78 is 0. The summed E-state index contributed by atoms with van der Waals surface area (Å²) in [7, 11) is 0. The van der Waals surface area contributed by atoms with Gasteiger partial charge in [0.25, 0.3) is 0 Å². The highest BCUT2D eigenvalue weighted by Crippen LogP contribution is 2.50. The van der Waals surface area contributed by atoms with Crippen LogP contribution in [0.3, 0.4) is 0 Å². The highest BCUT2D eigenvalue weighted by Gasteiger charge is 2.45. The molecule has 0 aliphatic heterocycles. The molecule has 0 spiro atoms. The quantitative estimate of drug-likeness (QED) is 0.461. The Labute approximate surface area is 100 Å². The summed E-state index contributed by atoms with van der Waals surface area (Å²) in [5.41, 5.74) is 5.49. The Morgan fingerprint density at radius 2 is 1.88 bits per heavy atom. The van der Waals surface area contributed by atoms with Crippen LogP contribution in [0.5, 0.6) is 0 Å². The van der Waals surface area contributed by atoms with E-state index in [0.29, 0.717) is 17.9 Å². The fourth-order valence-electron chi connectivity index (χ4n) is 1.47. The van der Waals surface area contributed by atoms with Crippen LogP contribution >= 0.6 is 12.2 Å². The van der Waals surface area contributed by atoms with Crippen LogP contribution in [0.4, 0.5) is 0 Å². The number of carbonyl (C=O) groups excluding carboxylic acids is 2. The van der Waals surface area contributed by atoms with Crippen LogP contribution in [-0.2, 0) is 9.59 Å². The van der Waals surface area contributed by atoms with E-state index in [1.807, 2.05) is 0 Å². The average molecular weight is 243 g/mol. The van der Waals surface area contributed by atoms with Crippen molar-refractivity contribution in [3.63, 3.8) is 0 Å². The molecule has 0 radical (unpaired) electrons. The first-order chi connectivity index (χ1) is 7.33. The minimum atomic E-state index is -0.689. The molecule has 4 N–H and O–H groups in total. The van der Waals surface area contributed by atoms with Crippen molar-refractivity contribution in [2.24, 2.45) is 17.1 Å². The molecule has 1 aliphatic carbocycles. The Hall–Kier alpha value is -1.17. The van der Waals surface area contributed by atoms with E-state index in [-0.39, 0.29) is 11.5 Å². The normalized spacial score (nSPS) is 21.0. The third-order valence-corrected chi connectivity index (χ3v) is 3.00. The maximum absolute atomic E-state index is 11.3. The Morgan fingerprint density at radius 1 is 1.38 bits per heavy atom. The van der Waals surface area contributed by atoms with Crippen molar-refractivity contribution in [2.45, 2.75) is 20.3 Å². The van der Waals surface area contributed by atoms with Crippen molar-refractivity contribution in [1.29, 1.82) is 0 Å². The van der Waals surface area contributed by atoms with E-state index in [0.717, 1.165) is 6.42 Å². The minimum absolute atomic E-state index is 0.0521. The van der Waals surface area contributed by atoms with Crippen molar-refractivity contribution in [2.75, 3.05) is 13.1 Å². The predicted octanol–water partition coefficient (Wildman–Crippen LogP) is -0.449. The van der Waals surface area contributed by atoms with Gasteiger partial charge < -0.3 is 16.4 Å². The van der Waals surface area contributed by atoms with Crippen LogP contribution in [-0.4, -0.2) is 29.9 Å². The molecular weight excluding hydrogens is 226 g/mol. The Bertz CT molecular complexity index is 328.